The van der Waals surface area contributed by atoms with E-state index in [1.165, 1.54) is 6.21 Å². The Kier molecular flexibility index (Phi) is 19.1. The average Bonchev–Trinajstić information content (AvgIpc) is 3.89. The van der Waals surface area contributed by atoms with Crippen molar-refractivity contribution in [1.29, 1.82) is 0 Å². The number of aliphatic hydroxyl groups is 10. The smallest absolute Gasteiger partial charge is 0.286 e. The van der Waals surface area contributed by atoms with Crippen LogP contribution in [0.25, 0.3) is 0 Å². The molecule has 4 fully saturated rings. The number of rotatable bonds is 24. The molecule has 27 nitrogen and oxygen atoms in total. The molecule has 0 bridgehead atoms. The van der Waals surface area contributed by atoms with Gasteiger partial charge in [-0.1, -0.05) is 0 Å². The minimum atomic E-state index is -1.68. The van der Waals surface area contributed by atoms with E-state index in [0.717, 1.165) is 6.26 Å². The highest BCUT2D eigenvalue weighted by Crippen LogP contribution is 2.60. The van der Waals surface area contributed by atoms with E-state index in [1.54, 1.807) is 0 Å². The molecule has 16 atom stereocenters. The highest BCUT2D eigenvalue weighted by molar-refractivity contribution is 6.38. The molecule has 1 aliphatic carbocycles. The van der Waals surface area contributed by atoms with Crippen LogP contribution >= 0.6 is 0 Å². The highest BCUT2D eigenvalue weighted by Gasteiger charge is 2.75. The van der Waals surface area contributed by atoms with Gasteiger partial charge in [-0.25, -0.2) is 4.99 Å². The number of amides is 3. The zero-order valence-corrected chi connectivity index (χ0v) is 34.8. The predicted octanol–water partition coefficient (Wildman–Crippen LogP) is -10.1. The molecule has 4 heterocycles. The fourth-order valence-corrected chi connectivity index (χ4v) is 7.86. The lowest BCUT2D eigenvalue weighted by Gasteiger charge is -2.39. The normalized spacial score (nSPS) is 36.8. The molecule has 0 aromatic rings. The number of aliphatic imine (C=N–C) groups is 2. The number of amidine groups is 1. The summed E-state index contributed by atoms with van der Waals surface area (Å²) in [5.74, 6) is -3.01. The van der Waals surface area contributed by atoms with Crippen molar-refractivity contribution in [1.82, 2.24) is 15.5 Å². The van der Waals surface area contributed by atoms with E-state index in [9.17, 15) is 70.7 Å². The fourth-order valence-electron chi connectivity index (χ4n) is 7.86. The average molecular weight is 924 g/mol. The van der Waals surface area contributed by atoms with Crippen molar-refractivity contribution in [2.24, 2.45) is 27.6 Å². The van der Waals surface area contributed by atoms with Crippen LogP contribution in [0.15, 0.2) is 22.0 Å². The maximum atomic E-state index is 12.7. The number of aliphatic hydroxyl groups excluding tert-OH is 10. The van der Waals surface area contributed by atoms with Crippen LogP contribution in [0.4, 0.5) is 0 Å². The van der Waals surface area contributed by atoms with Gasteiger partial charge >= 0.3 is 0 Å². The van der Waals surface area contributed by atoms with Crippen LogP contribution in [0.3, 0.4) is 0 Å². The number of nitrogens with zero attached hydrogens (tertiary/aromatic N) is 3. The summed E-state index contributed by atoms with van der Waals surface area (Å²) in [5, 5.41) is 118. The van der Waals surface area contributed by atoms with Gasteiger partial charge in [0, 0.05) is 57.2 Å². The number of nitrogens with one attached hydrogen (secondary N) is 3. The third-order valence-corrected chi connectivity index (χ3v) is 11.6. The van der Waals surface area contributed by atoms with Crippen molar-refractivity contribution in [3.63, 3.8) is 0 Å². The summed E-state index contributed by atoms with van der Waals surface area (Å²) in [6, 6.07) is 0. The van der Waals surface area contributed by atoms with E-state index < -0.39 is 129 Å². The Labute approximate surface area is 366 Å². The van der Waals surface area contributed by atoms with Crippen LogP contribution in [0.1, 0.15) is 12.8 Å². The van der Waals surface area contributed by atoms with Gasteiger partial charge in [-0.15, -0.1) is 0 Å². The van der Waals surface area contributed by atoms with Crippen molar-refractivity contribution >= 4 is 29.8 Å². The number of hydrogen-bond acceptors (Lipinski definition) is 23. The number of quaternary nitrogens is 1. The Balaban J connectivity index is 1.04. The summed E-state index contributed by atoms with van der Waals surface area (Å²) in [6.45, 7) is -1.01. The van der Waals surface area contributed by atoms with Crippen LogP contribution in [0, 0.1) is 17.0 Å². The largest absolute Gasteiger partial charge is 0.634 e. The molecule has 64 heavy (non-hydrogen) atoms. The molecule has 4 aliphatic heterocycles. The van der Waals surface area contributed by atoms with Gasteiger partial charge in [0.25, 0.3) is 11.8 Å². The highest BCUT2D eigenvalue weighted by atomic mass is 16.7. The van der Waals surface area contributed by atoms with E-state index in [0.29, 0.717) is 32.5 Å². The molecule has 1 spiro atoms. The minimum Gasteiger partial charge on any atom is -0.634 e. The molecule has 13 unspecified atom stereocenters. The summed E-state index contributed by atoms with van der Waals surface area (Å²) in [7, 11) is 0. The SMILES string of the molecule is NC(=O)C1=NCC2C(C=N1)[C@]21O/C(=C/OCC(=O)NCCN(CCCNC(=O)COC2OC(CO)C(O)C(O)C2O)CCC[NH+]([O-])CCOC2OC(CO)C(O)C(O)C2O)[C@@H](O)[C@H]1O. The topological polar surface area (TPSA) is 414 Å². The number of hydroxylamine groups is 2. The summed E-state index contributed by atoms with van der Waals surface area (Å²) in [4.78, 5) is 46.5. The Morgan fingerprint density at radius 1 is 0.844 bits per heavy atom. The number of primary amides is 1. The van der Waals surface area contributed by atoms with Gasteiger partial charge < -0.3 is 111 Å². The van der Waals surface area contributed by atoms with E-state index in [-0.39, 0.29) is 61.9 Å². The molecule has 5 rings (SSSR count). The zero-order valence-electron chi connectivity index (χ0n) is 34.8. The lowest BCUT2D eigenvalue weighted by molar-refractivity contribution is -0.849. The molecule has 0 radical (unpaired) electrons. The molecular weight excluding hydrogens is 862 g/mol. The number of carbonyl (C=O) groups is 3. The van der Waals surface area contributed by atoms with E-state index in [4.69, 9.17) is 34.2 Å². The first kappa shape index (κ1) is 51.4. The van der Waals surface area contributed by atoms with Gasteiger partial charge in [0.2, 0.25) is 11.7 Å². The zero-order chi connectivity index (χ0) is 46.7. The van der Waals surface area contributed by atoms with Crippen LogP contribution in [0.5, 0.6) is 0 Å². The predicted molar refractivity (Wildman–Crippen MR) is 212 cm³/mol. The summed E-state index contributed by atoms with van der Waals surface area (Å²) in [5.41, 5.74) is 4.02. The molecule has 3 saturated heterocycles. The number of fused-ring (bicyclic) bond motifs is 3. The number of ether oxygens (including phenoxy) is 6. The number of hydrogen-bond donors (Lipinski definition) is 14. The lowest BCUT2D eigenvalue weighted by Crippen LogP contribution is -3.07. The lowest BCUT2D eigenvalue weighted by atomic mass is 9.99. The van der Waals surface area contributed by atoms with Crippen LogP contribution in [-0.2, 0) is 42.8 Å². The molecule has 3 amide bonds. The molecular formula is C37H61N7O20. The summed E-state index contributed by atoms with van der Waals surface area (Å²) in [6.07, 6.45) is -14.5. The third kappa shape index (κ3) is 12.6. The second-order valence-corrected chi connectivity index (χ2v) is 16.0. The standard InChI is InChI=1S/C37H61N7O20/c38-33(57)34-41-11-18-19(12-42-34)37(18)32(56)27(51)22(64-37)15-59-16-23(47)40-4-8-43(5-1-3-39-24(48)17-61-36-31(55)29(53)26(50)21(14-46)63-36)6-2-7-44(58)9-10-60-35-30(54)28(52)25(49)20(13-45)62-35/h11,15,18-21,25-32,35-36,44-46,49-56H,1-10,12-14,16-17H2,(H2,38,57)(H,39,48)(H,40,47)/b22-15+/t18?,19?,20?,21?,25?,26?,27-,28?,29?,30?,31?,32-,35?,36?,37+/m1/s1. The van der Waals surface area contributed by atoms with E-state index >= 15 is 0 Å². The van der Waals surface area contributed by atoms with Crippen molar-refractivity contribution in [3.8, 4) is 0 Å². The van der Waals surface area contributed by atoms with Crippen molar-refractivity contribution in [2.45, 2.75) is 92.1 Å². The summed E-state index contributed by atoms with van der Waals surface area (Å²) < 4.78 is 32.4. The van der Waals surface area contributed by atoms with Crippen molar-refractivity contribution in [2.75, 3.05) is 85.4 Å². The molecule has 0 aromatic carbocycles. The Hall–Kier alpha value is -3.59. The molecule has 364 valence electrons. The second kappa shape index (κ2) is 23.7. The Morgan fingerprint density at radius 3 is 2.09 bits per heavy atom. The number of carbonyl (C=O) groups excluding carboxylic acids is 3. The molecule has 27 heteroatoms. The van der Waals surface area contributed by atoms with E-state index in [1.807, 2.05) is 4.90 Å². The first-order valence-corrected chi connectivity index (χ1v) is 20.9. The molecule has 0 aromatic heterocycles. The Bertz CT molecular complexity index is 1640. The quantitative estimate of drug-likeness (QED) is 0.0243. The van der Waals surface area contributed by atoms with Crippen LogP contribution < -0.4 is 21.4 Å². The van der Waals surface area contributed by atoms with Crippen LogP contribution in [-0.4, -0.2) is 250 Å². The molecule has 1 saturated carbocycles. The van der Waals surface area contributed by atoms with Crippen molar-refractivity contribution < 1.29 is 98.9 Å². The van der Waals surface area contributed by atoms with Gasteiger partial charge in [0.15, 0.2) is 30.5 Å². The van der Waals surface area contributed by atoms with Gasteiger partial charge in [-0.2, -0.15) is 0 Å². The maximum Gasteiger partial charge on any atom is 0.286 e. The summed E-state index contributed by atoms with van der Waals surface area (Å²) >= 11 is 0. The van der Waals surface area contributed by atoms with Crippen molar-refractivity contribution in [3.05, 3.63) is 17.2 Å². The number of nitrogens with two attached hydrogens (primary N) is 1. The fraction of sp³-hybridized carbons (Fsp3) is 0.811. The first-order valence-electron chi connectivity index (χ1n) is 20.9. The van der Waals surface area contributed by atoms with Crippen LogP contribution in [0.2, 0.25) is 0 Å². The minimum absolute atomic E-state index is 0.0672. The van der Waals surface area contributed by atoms with Gasteiger partial charge in [0.05, 0.1) is 26.4 Å². The Morgan fingerprint density at radius 2 is 1.45 bits per heavy atom. The first-order chi connectivity index (χ1) is 30.5. The second-order valence-electron chi connectivity index (χ2n) is 16.0. The maximum absolute atomic E-state index is 12.7. The van der Waals surface area contributed by atoms with Gasteiger partial charge in [0.1, 0.15) is 80.5 Å². The monoisotopic (exact) mass is 923 g/mol. The van der Waals surface area contributed by atoms with Gasteiger partial charge in [-0.3, -0.25) is 19.4 Å². The molecule has 5 aliphatic rings. The third-order valence-electron chi connectivity index (χ3n) is 11.6. The van der Waals surface area contributed by atoms with Gasteiger partial charge in [-0.05, 0) is 13.0 Å². The molecule has 15 N–H and O–H groups in total. The van der Waals surface area contributed by atoms with E-state index in [2.05, 4.69) is 20.6 Å².